The molecule has 0 aromatic heterocycles. The lowest BCUT2D eigenvalue weighted by molar-refractivity contribution is 0.0267. The molecule has 2 N–H and O–H groups in total. The predicted octanol–water partition coefficient (Wildman–Crippen LogP) is 3.15. The summed E-state index contributed by atoms with van der Waals surface area (Å²) < 4.78 is 5.52. The molecule has 1 aromatic carbocycles. The highest BCUT2D eigenvalue weighted by Gasteiger charge is 2.17. The maximum atomic E-state index is 11.9. The van der Waals surface area contributed by atoms with Gasteiger partial charge in [0.25, 0.3) is 0 Å². The van der Waals surface area contributed by atoms with Gasteiger partial charge in [0.2, 0.25) is 0 Å². The number of nitrogen functional groups attached to an aromatic ring is 1. The smallest absolute Gasteiger partial charge is 0.338 e. The first-order valence-corrected chi connectivity index (χ1v) is 6.32. The Morgan fingerprint density at radius 1 is 1.06 bits per heavy atom. The number of hydrogen-bond acceptors (Lipinski definition) is 3. The third kappa shape index (κ3) is 3.48. The summed E-state index contributed by atoms with van der Waals surface area (Å²) >= 11 is 0. The molecule has 0 unspecified atom stereocenters. The zero-order valence-electron chi connectivity index (χ0n) is 10.0. The molecular weight excluding hydrogens is 214 g/mol. The van der Waals surface area contributed by atoms with Crippen LogP contribution in [0.25, 0.3) is 0 Å². The van der Waals surface area contributed by atoms with Crippen LogP contribution in [0.4, 0.5) is 5.69 Å². The van der Waals surface area contributed by atoms with E-state index >= 15 is 0 Å². The van der Waals surface area contributed by atoms with Crippen LogP contribution in [0.1, 0.15) is 48.9 Å². The maximum Gasteiger partial charge on any atom is 0.338 e. The van der Waals surface area contributed by atoms with Crippen molar-refractivity contribution < 1.29 is 9.53 Å². The summed E-state index contributed by atoms with van der Waals surface area (Å²) in [6, 6.07) is 6.89. The van der Waals surface area contributed by atoms with E-state index in [0.29, 0.717) is 11.3 Å². The maximum absolute atomic E-state index is 11.9. The molecule has 0 bridgehead atoms. The molecule has 0 saturated heterocycles. The predicted molar refractivity (Wildman–Crippen MR) is 67.8 cm³/mol. The van der Waals surface area contributed by atoms with Gasteiger partial charge in [0.05, 0.1) is 5.56 Å². The molecule has 1 aromatic rings. The lowest BCUT2D eigenvalue weighted by Gasteiger charge is -2.15. The van der Waals surface area contributed by atoms with Crippen molar-refractivity contribution in [3.8, 4) is 0 Å². The van der Waals surface area contributed by atoms with Gasteiger partial charge in [0.1, 0.15) is 6.10 Å². The van der Waals surface area contributed by atoms with E-state index in [9.17, 15) is 4.79 Å². The first kappa shape index (κ1) is 12.0. The van der Waals surface area contributed by atoms with Crippen molar-refractivity contribution in [3.05, 3.63) is 29.8 Å². The molecule has 17 heavy (non-hydrogen) atoms. The zero-order chi connectivity index (χ0) is 12.1. The second kappa shape index (κ2) is 5.71. The summed E-state index contributed by atoms with van der Waals surface area (Å²) in [5.74, 6) is -0.225. The number of carbonyl (C=O) groups excluding carboxylic acids is 1. The second-order valence-corrected chi connectivity index (χ2v) is 4.64. The SMILES string of the molecule is Nc1ccc(C(=O)OC2CCCCCC2)cc1. The minimum Gasteiger partial charge on any atom is -0.459 e. The number of benzene rings is 1. The van der Waals surface area contributed by atoms with Crippen LogP contribution in [0.15, 0.2) is 24.3 Å². The Bertz CT molecular complexity index is 364. The fourth-order valence-corrected chi connectivity index (χ4v) is 2.20. The third-order valence-corrected chi connectivity index (χ3v) is 3.22. The van der Waals surface area contributed by atoms with Crippen molar-refractivity contribution in [2.75, 3.05) is 5.73 Å². The van der Waals surface area contributed by atoms with Crippen LogP contribution in [0.2, 0.25) is 0 Å². The van der Waals surface area contributed by atoms with Crippen molar-refractivity contribution in [2.24, 2.45) is 0 Å². The number of carbonyl (C=O) groups is 1. The number of hydrogen-bond donors (Lipinski definition) is 1. The third-order valence-electron chi connectivity index (χ3n) is 3.22. The van der Waals surface area contributed by atoms with Crippen molar-refractivity contribution in [1.29, 1.82) is 0 Å². The molecule has 0 aliphatic heterocycles. The van der Waals surface area contributed by atoms with Crippen molar-refractivity contribution in [2.45, 2.75) is 44.6 Å². The number of rotatable bonds is 2. The van der Waals surface area contributed by atoms with E-state index in [1.165, 1.54) is 25.7 Å². The van der Waals surface area contributed by atoms with Gasteiger partial charge >= 0.3 is 5.97 Å². The Labute approximate surface area is 102 Å². The Balaban J connectivity index is 1.93. The van der Waals surface area contributed by atoms with Gasteiger partial charge in [0.15, 0.2) is 0 Å². The average molecular weight is 233 g/mol. The Morgan fingerprint density at radius 2 is 1.65 bits per heavy atom. The summed E-state index contributed by atoms with van der Waals surface area (Å²) in [4.78, 5) is 11.9. The van der Waals surface area contributed by atoms with E-state index in [2.05, 4.69) is 0 Å². The van der Waals surface area contributed by atoms with Crippen LogP contribution in [0.3, 0.4) is 0 Å². The fraction of sp³-hybridized carbons (Fsp3) is 0.500. The lowest BCUT2D eigenvalue weighted by atomic mass is 10.1. The molecule has 1 aliphatic rings. The molecule has 0 amide bonds. The van der Waals surface area contributed by atoms with Crippen LogP contribution in [-0.2, 0) is 4.74 Å². The van der Waals surface area contributed by atoms with Crippen LogP contribution in [0.5, 0.6) is 0 Å². The van der Waals surface area contributed by atoms with Crippen LogP contribution < -0.4 is 5.73 Å². The molecule has 0 spiro atoms. The van der Waals surface area contributed by atoms with Gasteiger partial charge in [-0.25, -0.2) is 4.79 Å². The first-order chi connectivity index (χ1) is 8.25. The largest absolute Gasteiger partial charge is 0.459 e. The molecule has 1 fully saturated rings. The Hall–Kier alpha value is -1.51. The summed E-state index contributed by atoms with van der Waals surface area (Å²) in [6.45, 7) is 0. The molecule has 3 nitrogen and oxygen atoms in total. The molecule has 1 saturated carbocycles. The summed E-state index contributed by atoms with van der Waals surface area (Å²) in [5.41, 5.74) is 6.83. The van der Waals surface area contributed by atoms with Gasteiger partial charge in [-0.2, -0.15) is 0 Å². The Morgan fingerprint density at radius 3 is 2.24 bits per heavy atom. The first-order valence-electron chi connectivity index (χ1n) is 6.32. The summed E-state index contributed by atoms with van der Waals surface area (Å²) in [6.07, 6.45) is 6.95. The highest BCUT2D eigenvalue weighted by molar-refractivity contribution is 5.89. The van der Waals surface area contributed by atoms with Crippen molar-refractivity contribution in [1.82, 2.24) is 0 Å². The van der Waals surface area contributed by atoms with Gasteiger partial charge in [-0.1, -0.05) is 12.8 Å². The van der Waals surface area contributed by atoms with Crippen LogP contribution in [-0.4, -0.2) is 12.1 Å². The van der Waals surface area contributed by atoms with E-state index in [1.54, 1.807) is 24.3 Å². The van der Waals surface area contributed by atoms with E-state index in [4.69, 9.17) is 10.5 Å². The number of nitrogens with two attached hydrogens (primary N) is 1. The van der Waals surface area contributed by atoms with Crippen LogP contribution in [0, 0.1) is 0 Å². The molecule has 0 heterocycles. The zero-order valence-corrected chi connectivity index (χ0v) is 10.0. The lowest BCUT2D eigenvalue weighted by Crippen LogP contribution is -2.17. The Kier molecular flexibility index (Phi) is 4.02. The topological polar surface area (TPSA) is 52.3 Å². The monoisotopic (exact) mass is 233 g/mol. The minimum atomic E-state index is -0.225. The fourth-order valence-electron chi connectivity index (χ4n) is 2.20. The van der Waals surface area contributed by atoms with E-state index in [-0.39, 0.29) is 12.1 Å². The van der Waals surface area contributed by atoms with Gasteiger partial charge in [-0.3, -0.25) is 0 Å². The van der Waals surface area contributed by atoms with Gasteiger partial charge < -0.3 is 10.5 Å². The van der Waals surface area contributed by atoms with Crippen molar-refractivity contribution >= 4 is 11.7 Å². The molecule has 3 heteroatoms. The number of anilines is 1. The standard InChI is InChI=1S/C14H19NO2/c15-12-9-7-11(8-10-12)14(16)17-13-5-3-1-2-4-6-13/h7-10,13H,1-6,15H2. The quantitative estimate of drug-likeness (QED) is 0.485. The molecule has 0 atom stereocenters. The normalized spacial score (nSPS) is 17.4. The van der Waals surface area contributed by atoms with Gasteiger partial charge in [0, 0.05) is 5.69 Å². The number of ether oxygens (including phenoxy) is 1. The average Bonchev–Trinajstić information content (AvgIpc) is 2.58. The van der Waals surface area contributed by atoms with E-state index in [1.807, 2.05) is 0 Å². The van der Waals surface area contributed by atoms with Gasteiger partial charge in [-0.05, 0) is 49.9 Å². The molecule has 2 rings (SSSR count). The summed E-state index contributed by atoms with van der Waals surface area (Å²) in [7, 11) is 0. The highest BCUT2D eigenvalue weighted by Crippen LogP contribution is 2.21. The number of esters is 1. The van der Waals surface area contributed by atoms with E-state index < -0.39 is 0 Å². The molecule has 92 valence electrons. The minimum absolute atomic E-state index is 0.0996. The van der Waals surface area contributed by atoms with Crippen LogP contribution >= 0.6 is 0 Å². The molecule has 0 radical (unpaired) electrons. The molecule has 1 aliphatic carbocycles. The van der Waals surface area contributed by atoms with E-state index in [0.717, 1.165) is 12.8 Å². The second-order valence-electron chi connectivity index (χ2n) is 4.64. The molecular formula is C14H19NO2. The van der Waals surface area contributed by atoms with Crippen molar-refractivity contribution in [3.63, 3.8) is 0 Å². The summed E-state index contributed by atoms with van der Waals surface area (Å²) in [5, 5.41) is 0. The highest BCUT2D eigenvalue weighted by atomic mass is 16.5. The van der Waals surface area contributed by atoms with Gasteiger partial charge in [-0.15, -0.1) is 0 Å².